The fourth-order valence-corrected chi connectivity index (χ4v) is 4.57. The van der Waals surface area contributed by atoms with Crippen molar-refractivity contribution >= 4 is 0 Å². The van der Waals surface area contributed by atoms with Gasteiger partial charge >= 0.3 is 0 Å². The smallest absolute Gasteiger partial charge is 0.149 e. The molecule has 0 amide bonds. The van der Waals surface area contributed by atoms with Crippen molar-refractivity contribution in [3.8, 4) is 0 Å². The van der Waals surface area contributed by atoms with Gasteiger partial charge in [-0.05, 0) is 51.5 Å². The molecule has 0 aromatic heterocycles. The van der Waals surface area contributed by atoms with Crippen LogP contribution in [0.15, 0.2) is 47.1 Å². The van der Waals surface area contributed by atoms with Gasteiger partial charge in [0.15, 0.2) is 0 Å². The van der Waals surface area contributed by atoms with Gasteiger partial charge in [0.25, 0.3) is 0 Å². The Morgan fingerprint density at radius 1 is 1.24 bits per heavy atom. The van der Waals surface area contributed by atoms with Crippen LogP contribution in [0.1, 0.15) is 33.1 Å². The molecule has 9 heteroatoms. The molecule has 33 heavy (non-hydrogen) atoms. The van der Waals surface area contributed by atoms with E-state index >= 15 is 0 Å². The molecule has 7 unspecified atom stereocenters. The summed E-state index contributed by atoms with van der Waals surface area (Å²) in [6, 6.07) is 0.0744. The van der Waals surface area contributed by atoms with E-state index < -0.39 is 6.23 Å². The Morgan fingerprint density at radius 3 is 2.76 bits per heavy atom. The second-order valence-corrected chi connectivity index (χ2v) is 9.21. The van der Waals surface area contributed by atoms with E-state index in [-0.39, 0.29) is 43.2 Å². The minimum absolute atomic E-state index is 0.0277. The molecule has 0 saturated carbocycles. The average Bonchev–Trinajstić information content (AvgIpc) is 3.48. The topological polar surface area (TPSA) is 116 Å². The van der Waals surface area contributed by atoms with Crippen molar-refractivity contribution < 1.29 is 24.4 Å². The predicted octanol–water partition coefficient (Wildman–Crippen LogP) is 0.347. The van der Waals surface area contributed by atoms with Gasteiger partial charge in [0.05, 0.1) is 49.2 Å². The summed E-state index contributed by atoms with van der Waals surface area (Å²) < 4.78 is 18.2. The highest BCUT2D eigenvalue weighted by atomic mass is 16.5. The van der Waals surface area contributed by atoms with Crippen molar-refractivity contribution in [1.29, 1.82) is 0 Å². The number of rotatable bonds is 9. The minimum atomic E-state index is -0.597. The van der Waals surface area contributed by atoms with Crippen LogP contribution in [-0.4, -0.2) is 79.8 Å². The molecule has 3 heterocycles. The van der Waals surface area contributed by atoms with Crippen LogP contribution in [-0.2, 0) is 14.2 Å². The van der Waals surface area contributed by atoms with E-state index in [1.54, 1.807) is 7.05 Å². The number of nitrogens with one attached hydrogen (secondary N) is 4. The van der Waals surface area contributed by atoms with Gasteiger partial charge in [-0.3, -0.25) is 10.6 Å². The van der Waals surface area contributed by atoms with Crippen molar-refractivity contribution in [2.24, 2.45) is 0 Å². The highest BCUT2D eigenvalue weighted by molar-refractivity contribution is 5.37. The highest BCUT2D eigenvalue weighted by Gasteiger charge is 2.32. The molecule has 1 saturated heterocycles. The number of hydrogen-bond donors (Lipinski definition) is 6. The standard InChI is InChI=1S/C24H38N4O5/c1-14-11-27-24(32-14)22-7-6-20(28-22)16-8-18(31-15(2)13-29)10-19(9-16)33-17-4-5-21(26-12-17)23(30)25-3/h4,7-9,14-15,18,20-21,23-30H,5-6,10-13H2,1-3H3. The fraction of sp³-hybridized carbons (Fsp3) is 0.667. The largest absolute Gasteiger partial charge is 0.465 e. The Balaban J connectivity index is 1.43. The number of hydrogen-bond acceptors (Lipinski definition) is 9. The van der Waals surface area contributed by atoms with Crippen molar-refractivity contribution in [3.05, 3.63) is 47.1 Å². The summed E-state index contributed by atoms with van der Waals surface area (Å²) in [4.78, 5) is 0. The Labute approximate surface area is 195 Å². The molecule has 3 aliphatic heterocycles. The van der Waals surface area contributed by atoms with E-state index in [2.05, 4.69) is 46.4 Å². The molecule has 1 aliphatic carbocycles. The van der Waals surface area contributed by atoms with Gasteiger partial charge in [-0.25, -0.2) is 0 Å². The maximum atomic E-state index is 9.98. The highest BCUT2D eigenvalue weighted by Crippen LogP contribution is 2.30. The molecule has 7 atom stereocenters. The molecule has 0 bridgehead atoms. The lowest BCUT2D eigenvalue weighted by atomic mass is 9.96. The predicted molar refractivity (Wildman–Crippen MR) is 125 cm³/mol. The summed E-state index contributed by atoms with van der Waals surface area (Å²) in [6.45, 7) is 5.30. The Morgan fingerprint density at radius 2 is 2.09 bits per heavy atom. The van der Waals surface area contributed by atoms with Crippen molar-refractivity contribution in [2.75, 3.05) is 26.7 Å². The molecule has 4 rings (SSSR count). The van der Waals surface area contributed by atoms with Crippen LogP contribution < -0.4 is 21.3 Å². The lowest BCUT2D eigenvalue weighted by molar-refractivity contribution is -0.0129. The van der Waals surface area contributed by atoms with Crippen LogP contribution in [0.4, 0.5) is 0 Å². The first kappa shape index (κ1) is 24.4. The molecule has 0 aromatic rings. The minimum Gasteiger partial charge on any atom is -0.465 e. The number of aliphatic hydroxyl groups is 2. The molecule has 4 aliphatic rings. The molecule has 1 fully saturated rings. The fourth-order valence-electron chi connectivity index (χ4n) is 4.57. The molecule has 9 nitrogen and oxygen atoms in total. The number of aliphatic hydroxyl groups excluding tert-OH is 2. The summed E-state index contributed by atoms with van der Waals surface area (Å²) >= 11 is 0. The van der Waals surface area contributed by atoms with Crippen LogP contribution in [0, 0.1) is 0 Å². The summed E-state index contributed by atoms with van der Waals surface area (Å²) in [5, 5.41) is 32.6. The molecular formula is C24H38N4O5. The Hall–Kier alpha value is -1.72. The third-order valence-corrected chi connectivity index (χ3v) is 6.41. The quantitative estimate of drug-likeness (QED) is 0.270. The van der Waals surface area contributed by atoms with Crippen LogP contribution >= 0.6 is 0 Å². The van der Waals surface area contributed by atoms with Gasteiger partial charge in [0, 0.05) is 13.0 Å². The van der Waals surface area contributed by atoms with Crippen molar-refractivity contribution in [1.82, 2.24) is 21.3 Å². The first-order chi connectivity index (χ1) is 15.9. The molecule has 0 aromatic carbocycles. The number of ether oxygens (including phenoxy) is 3. The van der Waals surface area contributed by atoms with E-state index in [1.165, 1.54) is 0 Å². The van der Waals surface area contributed by atoms with Gasteiger partial charge in [0.1, 0.15) is 24.0 Å². The van der Waals surface area contributed by atoms with Crippen LogP contribution in [0.5, 0.6) is 0 Å². The van der Waals surface area contributed by atoms with Gasteiger partial charge in [-0.15, -0.1) is 0 Å². The zero-order chi connectivity index (χ0) is 23.4. The molecule has 0 spiro atoms. The lowest BCUT2D eigenvalue weighted by Gasteiger charge is -2.30. The summed E-state index contributed by atoms with van der Waals surface area (Å²) in [7, 11) is 1.74. The van der Waals surface area contributed by atoms with Crippen LogP contribution in [0.3, 0.4) is 0 Å². The second kappa shape index (κ2) is 11.1. The van der Waals surface area contributed by atoms with E-state index in [0.29, 0.717) is 19.4 Å². The maximum Gasteiger partial charge on any atom is 0.149 e. The molecule has 6 N–H and O–H groups in total. The number of likely N-dealkylation sites (N-methyl/N-ethyl adjacent to an activating group) is 1. The van der Waals surface area contributed by atoms with E-state index in [9.17, 15) is 10.2 Å². The lowest BCUT2D eigenvalue weighted by Crippen LogP contribution is -2.48. The monoisotopic (exact) mass is 462 g/mol. The second-order valence-electron chi connectivity index (χ2n) is 9.21. The van der Waals surface area contributed by atoms with Gasteiger partial charge in [0.2, 0.25) is 0 Å². The molecule has 0 radical (unpaired) electrons. The Kier molecular flexibility index (Phi) is 8.24. The van der Waals surface area contributed by atoms with Crippen LogP contribution in [0.25, 0.3) is 0 Å². The molecular weight excluding hydrogens is 424 g/mol. The van der Waals surface area contributed by atoms with Gasteiger partial charge in [-0.1, -0.05) is 12.2 Å². The van der Waals surface area contributed by atoms with Crippen LogP contribution in [0.2, 0.25) is 0 Å². The summed E-state index contributed by atoms with van der Waals surface area (Å²) in [5.74, 6) is 1.68. The third kappa shape index (κ3) is 6.24. The normalized spacial score (nSPS) is 34.0. The van der Waals surface area contributed by atoms with E-state index in [0.717, 1.165) is 35.8 Å². The SMILES string of the molecule is CNC(O)C1CC=C(OC2=CC(C3CC=C(C4NCC(C)O4)N3)=CC(OC(C)CO)C2)CN1. The molecule has 184 valence electrons. The van der Waals surface area contributed by atoms with Crippen molar-refractivity contribution in [2.45, 2.75) is 76.0 Å². The van der Waals surface area contributed by atoms with E-state index in [1.807, 2.05) is 13.0 Å². The zero-order valence-electron chi connectivity index (χ0n) is 19.7. The van der Waals surface area contributed by atoms with Gasteiger partial charge in [-0.2, -0.15) is 0 Å². The Bertz CT molecular complexity index is 811. The first-order valence-corrected chi connectivity index (χ1v) is 11.9. The summed E-state index contributed by atoms with van der Waals surface area (Å²) in [6.07, 6.45) is 9.68. The average molecular weight is 463 g/mol. The maximum absolute atomic E-state index is 9.98. The third-order valence-electron chi connectivity index (χ3n) is 6.41. The summed E-state index contributed by atoms with van der Waals surface area (Å²) in [5.41, 5.74) is 2.18. The van der Waals surface area contributed by atoms with Crippen molar-refractivity contribution in [3.63, 3.8) is 0 Å². The van der Waals surface area contributed by atoms with Gasteiger partial charge < -0.3 is 35.1 Å². The first-order valence-electron chi connectivity index (χ1n) is 11.9. The van der Waals surface area contributed by atoms with E-state index in [4.69, 9.17) is 14.2 Å². The zero-order valence-corrected chi connectivity index (χ0v) is 19.7.